The number of halogens is 4. The Hall–Kier alpha value is -3.17. The van der Waals surface area contributed by atoms with E-state index in [1.54, 1.807) is 0 Å². The zero-order chi connectivity index (χ0) is 19.3. The summed E-state index contributed by atoms with van der Waals surface area (Å²) in [5, 5.41) is 13.3. The molecule has 6 nitrogen and oxygen atoms in total. The van der Waals surface area contributed by atoms with E-state index >= 15 is 0 Å². The number of carbonyl (C=O) groups is 1. The normalized spacial score (nSPS) is 11.1. The fraction of sp³-hybridized carbons (Fsp3) is 0.188. The number of hydrogen-bond donors (Lipinski definition) is 1. The van der Waals surface area contributed by atoms with E-state index in [9.17, 15) is 32.5 Å². The Morgan fingerprint density at radius 3 is 2.54 bits per heavy atom. The first-order chi connectivity index (χ1) is 12.2. The smallest absolute Gasteiger partial charge is 0.416 e. The van der Waals surface area contributed by atoms with Crippen molar-refractivity contribution >= 4 is 17.3 Å². The van der Waals surface area contributed by atoms with Crippen LogP contribution in [0.15, 0.2) is 42.5 Å². The van der Waals surface area contributed by atoms with Gasteiger partial charge in [0.25, 0.3) is 5.69 Å². The molecule has 0 aliphatic heterocycles. The van der Waals surface area contributed by atoms with Crippen molar-refractivity contribution in [3.63, 3.8) is 0 Å². The van der Waals surface area contributed by atoms with E-state index in [4.69, 9.17) is 4.74 Å². The molecule has 10 heteroatoms. The Morgan fingerprint density at radius 1 is 1.19 bits per heavy atom. The van der Waals surface area contributed by atoms with E-state index in [0.29, 0.717) is 17.7 Å². The lowest BCUT2D eigenvalue weighted by atomic mass is 10.1. The van der Waals surface area contributed by atoms with E-state index in [1.165, 1.54) is 24.3 Å². The highest BCUT2D eigenvalue weighted by Crippen LogP contribution is 2.34. The summed E-state index contributed by atoms with van der Waals surface area (Å²) < 4.78 is 55.7. The van der Waals surface area contributed by atoms with Gasteiger partial charge in [-0.05, 0) is 29.8 Å². The second kappa shape index (κ2) is 7.81. The van der Waals surface area contributed by atoms with Gasteiger partial charge in [-0.3, -0.25) is 14.9 Å². The summed E-state index contributed by atoms with van der Waals surface area (Å²) in [4.78, 5) is 21.6. The molecule has 0 aliphatic rings. The lowest BCUT2D eigenvalue weighted by molar-refractivity contribution is -0.384. The summed E-state index contributed by atoms with van der Waals surface area (Å²) in [6.45, 7) is -0.727. The zero-order valence-electron chi connectivity index (χ0n) is 13.0. The maximum atomic E-state index is 13.0. The van der Waals surface area contributed by atoms with E-state index in [-0.39, 0.29) is 12.3 Å². The Labute approximate surface area is 144 Å². The van der Waals surface area contributed by atoms with Gasteiger partial charge < -0.3 is 10.1 Å². The summed E-state index contributed by atoms with van der Waals surface area (Å²) in [5.74, 6) is -1.32. The highest BCUT2D eigenvalue weighted by Gasteiger charge is 2.33. The number of rotatable bonds is 6. The Morgan fingerprint density at radius 2 is 1.92 bits per heavy atom. The fourth-order valence-electron chi connectivity index (χ4n) is 2.02. The van der Waals surface area contributed by atoms with Crippen LogP contribution in [0.1, 0.15) is 11.1 Å². The Balaban J connectivity index is 1.99. The fourth-order valence-corrected chi connectivity index (χ4v) is 2.02. The van der Waals surface area contributed by atoms with Gasteiger partial charge in [0.15, 0.2) is 0 Å². The van der Waals surface area contributed by atoms with Crippen LogP contribution in [0.2, 0.25) is 0 Å². The minimum Gasteiger partial charge on any atom is -0.460 e. The second-order valence-corrected chi connectivity index (χ2v) is 5.13. The van der Waals surface area contributed by atoms with E-state index in [0.717, 1.165) is 6.07 Å². The average Bonchev–Trinajstić information content (AvgIpc) is 2.57. The van der Waals surface area contributed by atoms with Crippen LogP contribution in [0.5, 0.6) is 0 Å². The molecule has 0 heterocycles. The maximum absolute atomic E-state index is 13.0. The van der Waals surface area contributed by atoms with Crippen LogP contribution in [0.3, 0.4) is 0 Å². The molecule has 26 heavy (non-hydrogen) atoms. The molecule has 0 radical (unpaired) electrons. The number of alkyl halides is 3. The quantitative estimate of drug-likeness (QED) is 0.360. The van der Waals surface area contributed by atoms with Crippen molar-refractivity contribution < 1.29 is 32.0 Å². The largest absolute Gasteiger partial charge is 0.460 e. The number of benzene rings is 2. The van der Waals surface area contributed by atoms with Crippen LogP contribution in [0.4, 0.5) is 28.9 Å². The van der Waals surface area contributed by atoms with Crippen LogP contribution in [-0.4, -0.2) is 17.4 Å². The van der Waals surface area contributed by atoms with Gasteiger partial charge in [0.1, 0.15) is 24.7 Å². The van der Waals surface area contributed by atoms with Crippen molar-refractivity contribution in [2.45, 2.75) is 12.8 Å². The third-order valence-corrected chi connectivity index (χ3v) is 3.23. The maximum Gasteiger partial charge on any atom is 0.416 e. The van der Waals surface area contributed by atoms with Crippen LogP contribution in [0.25, 0.3) is 0 Å². The monoisotopic (exact) mass is 372 g/mol. The number of hydrogen-bond acceptors (Lipinski definition) is 5. The van der Waals surface area contributed by atoms with E-state index in [1.807, 2.05) is 0 Å². The summed E-state index contributed by atoms with van der Waals surface area (Å²) in [6, 6.07) is 7.25. The molecule has 2 aromatic carbocycles. The number of anilines is 1. The molecule has 0 amide bonds. The van der Waals surface area contributed by atoms with Crippen molar-refractivity contribution in [1.82, 2.24) is 0 Å². The van der Waals surface area contributed by atoms with Crippen molar-refractivity contribution in [3.05, 3.63) is 69.5 Å². The molecule has 0 spiro atoms. The first-order valence-electron chi connectivity index (χ1n) is 7.16. The minimum absolute atomic E-state index is 0.215. The number of esters is 1. The number of nitro benzene ring substituents is 1. The third-order valence-electron chi connectivity index (χ3n) is 3.23. The molecule has 2 aromatic rings. The molecule has 0 bridgehead atoms. The highest BCUT2D eigenvalue weighted by atomic mass is 19.4. The van der Waals surface area contributed by atoms with Crippen LogP contribution < -0.4 is 5.32 Å². The number of nitrogens with one attached hydrogen (secondary N) is 1. The summed E-state index contributed by atoms with van der Waals surface area (Å²) in [6.07, 6.45) is -4.73. The Kier molecular flexibility index (Phi) is 5.75. The van der Waals surface area contributed by atoms with E-state index in [2.05, 4.69) is 5.32 Å². The predicted octanol–water partition coefficient (Wildman–Crippen LogP) is 3.91. The van der Waals surface area contributed by atoms with Crippen molar-refractivity contribution in [2.24, 2.45) is 0 Å². The van der Waals surface area contributed by atoms with Gasteiger partial charge in [-0.2, -0.15) is 13.2 Å². The number of nitrogens with zero attached hydrogens (tertiary/aromatic N) is 1. The van der Waals surface area contributed by atoms with Gasteiger partial charge in [0.2, 0.25) is 0 Å². The summed E-state index contributed by atoms with van der Waals surface area (Å²) in [5.41, 5.74) is -1.86. The van der Waals surface area contributed by atoms with Gasteiger partial charge in [0.05, 0.1) is 10.5 Å². The SMILES string of the molecule is O=C(CNc1ccc(C(F)(F)F)cc1[N+](=O)[O-])OCc1cccc(F)c1. The van der Waals surface area contributed by atoms with Gasteiger partial charge in [0, 0.05) is 6.07 Å². The average molecular weight is 372 g/mol. The molecule has 2 rings (SSSR count). The third kappa shape index (κ3) is 5.16. The number of ether oxygens (including phenoxy) is 1. The highest BCUT2D eigenvalue weighted by molar-refractivity contribution is 5.76. The molecule has 0 unspecified atom stereocenters. The second-order valence-electron chi connectivity index (χ2n) is 5.13. The molecule has 138 valence electrons. The molecule has 0 aliphatic carbocycles. The van der Waals surface area contributed by atoms with Crippen molar-refractivity contribution in [2.75, 3.05) is 11.9 Å². The molecular weight excluding hydrogens is 360 g/mol. The molecule has 0 saturated heterocycles. The lowest BCUT2D eigenvalue weighted by Gasteiger charge is -2.10. The van der Waals surface area contributed by atoms with Crippen LogP contribution in [0, 0.1) is 15.9 Å². The molecule has 0 atom stereocenters. The number of nitro groups is 1. The van der Waals surface area contributed by atoms with Crippen molar-refractivity contribution in [1.29, 1.82) is 0 Å². The first-order valence-corrected chi connectivity index (χ1v) is 7.16. The van der Waals surface area contributed by atoms with Crippen LogP contribution >= 0.6 is 0 Å². The van der Waals surface area contributed by atoms with Crippen LogP contribution in [-0.2, 0) is 22.3 Å². The first kappa shape index (κ1) is 19.2. The summed E-state index contributed by atoms with van der Waals surface area (Å²) >= 11 is 0. The molecule has 0 saturated carbocycles. The molecular formula is C16H12F4N2O4. The van der Waals surface area contributed by atoms with Gasteiger partial charge in [-0.25, -0.2) is 4.39 Å². The predicted molar refractivity (Wildman–Crippen MR) is 82.8 cm³/mol. The molecule has 0 aromatic heterocycles. The molecule has 1 N–H and O–H groups in total. The standard InChI is InChI=1S/C16H12F4N2O4/c17-12-3-1-2-10(6-12)9-26-15(23)8-21-13-5-4-11(16(18,19)20)7-14(13)22(24)25/h1-7,21H,8-9H2. The lowest BCUT2D eigenvalue weighted by Crippen LogP contribution is -2.17. The van der Waals surface area contributed by atoms with Gasteiger partial charge in [-0.1, -0.05) is 12.1 Å². The summed E-state index contributed by atoms with van der Waals surface area (Å²) in [7, 11) is 0. The van der Waals surface area contributed by atoms with Gasteiger partial charge >= 0.3 is 12.1 Å². The van der Waals surface area contributed by atoms with Gasteiger partial charge in [-0.15, -0.1) is 0 Å². The zero-order valence-corrected chi connectivity index (χ0v) is 13.0. The topological polar surface area (TPSA) is 81.5 Å². The molecule has 0 fully saturated rings. The van der Waals surface area contributed by atoms with Crippen molar-refractivity contribution in [3.8, 4) is 0 Å². The van der Waals surface area contributed by atoms with E-state index < -0.39 is 40.7 Å². The Bertz CT molecular complexity index is 824. The number of carbonyl (C=O) groups excluding carboxylic acids is 1. The minimum atomic E-state index is -4.73.